The number of aromatic nitrogens is 2. The fraction of sp³-hybridized carbons (Fsp3) is 0.385. The number of β-amino-alcohol motifs (C(OH)–C–C–N with tert-alkyl or cyclic N) is 1. The number of rotatable bonds is 8. The van der Waals surface area contributed by atoms with Crippen LogP contribution in [0.1, 0.15) is 17.6 Å². The van der Waals surface area contributed by atoms with Crippen LogP contribution >= 0.6 is 22.9 Å². The van der Waals surface area contributed by atoms with Crippen LogP contribution in [0.25, 0.3) is 21.5 Å². The zero-order chi connectivity index (χ0) is 24.4. The minimum absolute atomic E-state index is 0.255. The van der Waals surface area contributed by atoms with Crippen molar-refractivity contribution in [1.29, 1.82) is 0 Å². The molecular weight excluding hydrogens is 484 g/mol. The smallest absolute Gasteiger partial charge is 0.168 e. The fourth-order valence-electron chi connectivity index (χ4n) is 4.52. The molecule has 1 aliphatic rings. The van der Waals surface area contributed by atoms with Crippen LogP contribution < -0.4 is 4.74 Å². The van der Waals surface area contributed by atoms with Crippen molar-refractivity contribution in [3.63, 3.8) is 0 Å². The third-order valence-electron chi connectivity index (χ3n) is 6.29. The van der Waals surface area contributed by atoms with Crippen molar-refractivity contribution in [2.45, 2.75) is 32.5 Å². The molecular formula is C26H29ClN4O3S. The lowest BCUT2D eigenvalue weighted by Crippen LogP contribution is -2.53. The van der Waals surface area contributed by atoms with E-state index in [1.54, 1.807) is 11.3 Å². The van der Waals surface area contributed by atoms with Crippen LogP contribution in [-0.4, -0.2) is 70.0 Å². The summed E-state index contributed by atoms with van der Waals surface area (Å²) in [7, 11) is 0. The summed E-state index contributed by atoms with van der Waals surface area (Å²) in [5.41, 5.74) is 2.68. The molecule has 3 heterocycles. The van der Waals surface area contributed by atoms with E-state index in [4.69, 9.17) is 20.9 Å². The van der Waals surface area contributed by atoms with Crippen LogP contribution in [0.4, 0.5) is 0 Å². The Labute approximate surface area is 213 Å². The molecule has 5 rings (SSSR count). The monoisotopic (exact) mass is 512 g/mol. The molecule has 1 N–H and O–H groups in total. The standard InChI is InChI=1S/C26H29ClN4O3S/c1-17-13-30(14-19-11-25(34-29-19)22-5-3-4-6-23(22)27)9-10-31(17)15-20(32)16-33-21-7-8-26-24(12-21)28-18(2)35-26/h3-8,11-12,17,20,32H,9-10,13-16H2,1-2H3/t17-,20+/m0/s1. The number of benzene rings is 2. The second kappa shape index (κ2) is 10.6. The average Bonchev–Trinajstić information content (AvgIpc) is 3.45. The first-order chi connectivity index (χ1) is 16.9. The molecule has 2 aromatic carbocycles. The minimum atomic E-state index is -0.564. The van der Waals surface area contributed by atoms with Gasteiger partial charge in [-0.1, -0.05) is 28.9 Å². The number of piperazine rings is 1. The first kappa shape index (κ1) is 24.2. The van der Waals surface area contributed by atoms with Gasteiger partial charge < -0.3 is 14.4 Å². The van der Waals surface area contributed by atoms with Crippen molar-refractivity contribution < 1.29 is 14.4 Å². The summed E-state index contributed by atoms with van der Waals surface area (Å²) in [5, 5.41) is 16.5. The van der Waals surface area contributed by atoms with E-state index >= 15 is 0 Å². The Hall–Kier alpha value is -2.49. The second-order valence-electron chi connectivity index (χ2n) is 9.07. The van der Waals surface area contributed by atoms with Gasteiger partial charge in [-0.05, 0) is 38.1 Å². The van der Waals surface area contributed by atoms with Crippen LogP contribution in [0, 0.1) is 6.92 Å². The van der Waals surface area contributed by atoms with Gasteiger partial charge in [-0.15, -0.1) is 11.3 Å². The van der Waals surface area contributed by atoms with Gasteiger partial charge in [0, 0.05) is 56.5 Å². The van der Waals surface area contributed by atoms with Crippen molar-refractivity contribution in [3.05, 3.63) is 64.3 Å². The van der Waals surface area contributed by atoms with Crippen LogP contribution in [0.3, 0.4) is 0 Å². The van der Waals surface area contributed by atoms with Gasteiger partial charge in [0.25, 0.3) is 0 Å². The predicted molar refractivity (Wildman–Crippen MR) is 139 cm³/mol. The van der Waals surface area contributed by atoms with Gasteiger partial charge in [-0.3, -0.25) is 9.80 Å². The Morgan fingerprint density at radius 3 is 2.91 bits per heavy atom. The highest BCUT2D eigenvalue weighted by molar-refractivity contribution is 7.18. The molecule has 1 saturated heterocycles. The zero-order valence-corrected chi connectivity index (χ0v) is 21.4. The van der Waals surface area contributed by atoms with E-state index in [1.165, 1.54) is 0 Å². The summed E-state index contributed by atoms with van der Waals surface area (Å²) in [6.45, 7) is 8.40. The highest BCUT2D eigenvalue weighted by atomic mass is 35.5. The van der Waals surface area contributed by atoms with E-state index in [9.17, 15) is 5.11 Å². The molecule has 35 heavy (non-hydrogen) atoms. The van der Waals surface area contributed by atoms with Crippen molar-refractivity contribution >= 4 is 33.2 Å². The summed E-state index contributed by atoms with van der Waals surface area (Å²) >= 11 is 7.95. The van der Waals surface area contributed by atoms with Crippen molar-refractivity contribution in [3.8, 4) is 17.1 Å². The largest absolute Gasteiger partial charge is 0.491 e. The molecule has 0 spiro atoms. The number of halogens is 1. The molecule has 0 unspecified atom stereocenters. The SMILES string of the molecule is Cc1nc2cc(OC[C@H](O)CN3CCN(Cc4cc(-c5ccccc5Cl)on4)C[C@@H]3C)ccc2s1. The maximum atomic E-state index is 10.6. The highest BCUT2D eigenvalue weighted by Crippen LogP contribution is 2.29. The van der Waals surface area contributed by atoms with Gasteiger partial charge in [0.05, 0.1) is 25.9 Å². The predicted octanol–water partition coefficient (Wildman–Crippen LogP) is 4.86. The number of hydrogen-bond donors (Lipinski definition) is 1. The van der Waals surface area contributed by atoms with Crippen molar-refractivity contribution in [2.24, 2.45) is 0 Å². The first-order valence-corrected chi connectivity index (χ1v) is 13.0. The lowest BCUT2D eigenvalue weighted by Gasteiger charge is -2.40. The molecule has 2 atom stereocenters. The molecule has 0 saturated carbocycles. The molecule has 7 nitrogen and oxygen atoms in total. The number of aliphatic hydroxyl groups is 1. The number of hydrogen-bond acceptors (Lipinski definition) is 8. The van der Waals surface area contributed by atoms with Gasteiger partial charge >= 0.3 is 0 Å². The Balaban J connectivity index is 1.10. The Morgan fingerprint density at radius 1 is 1.23 bits per heavy atom. The summed E-state index contributed by atoms with van der Waals surface area (Å²) in [6, 6.07) is 15.8. The van der Waals surface area contributed by atoms with Gasteiger partial charge in [0.1, 0.15) is 18.5 Å². The Morgan fingerprint density at radius 2 is 2.09 bits per heavy atom. The van der Waals surface area contributed by atoms with Gasteiger partial charge in [0.15, 0.2) is 5.76 Å². The topological polar surface area (TPSA) is 74.9 Å². The molecule has 184 valence electrons. The third kappa shape index (κ3) is 5.85. The van der Waals surface area contributed by atoms with E-state index in [0.29, 0.717) is 23.4 Å². The van der Waals surface area contributed by atoms with Gasteiger partial charge in [-0.25, -0.2) is 4.98 Å². The lowest BCUT2D eigenvalue weighted by molar-refractivity contribution is 0.0192. The van der Waals surface area contributed by atoms with Crippen LogP contribution in [0.15, 0.2) is 53.1 Å². The number of aliphatic hydroxyl groups excluding tert-OH is 1. The number of nitrogens with zero attached hydrogens (tertiary/aromatic N) is 4. The fourth-order valence-corrected chi connectivity index (χ4v) is 5.55. The molecule has 0 radical (unpaired) electrons. The van der Waals surface area contributed by atoms with E-state index in [0.717, 1.165) is 58.4 Å². The van der Waals surface area contributed by atoms with E-state index in [-0.39, 0.29) is 6.61 Å². The molecule has 0 aliphatic carbocycles. The summed E-state index contributed by atoms with van der Waals surface area (Å²) in [5.74, 6) is 1.42. The Kier molecular flexibility index (Phi) is 7.36. The molecule has 0 amide bonds. The second-order valence-corrected chi connectivity index (χ2v) is 10.7. The Bertz CT molecular complexity index is 1290. The zero-order valence-electron chi connectivity index (χ0n) is 19.9. The number of fused-ring (bicyclic) bond motifs is 1. The van der Waals surface area contributed by atoms with Crippen LogP contribution in [0.5, 0.6) is 5.75 Å². The maximum absolute atomic E-state index is 10.6. The molecule has 2 aromatic heterocycles. The number of thiazole rings is 1. The molecule has 1 aliphatic heterocycles. The quantitative estimate of drug-likeness (QED) is 0.361. The summed E-state index contributed by atoms with van der Waals surface area (Å²) in [6.07, 6.45) is -0.564. The first-order valence-electron chi connectivity index (χ1n) is 11.8. The van der Waals surface area contributed by atoms with Gasteiger partial charge in [0.2, 0.25) is 0 Å². The molecule has 9 heteroatoms. The van der Waals surface area contributed by atoms with Crippen LogP contribution in [-0.2, 0) is 6.54 Å². The third-order valence-corrected chi connectivity index (χ3v) is 7.57. The van der Waals surface area contributed by atoms with E-state index in [2.05, 4.69) is 26.9 Å². The van der Waals surface area contributed by atoms with Crippen LogP contribution in [0.2, 0.25) is 5.02 Å². The number of ether oxygens (including phenoxy) is 1. The summed E-state index contributed by atoms with van der Waals surface area (Å²) < 4.78 is 12.5. The molecule has 0 bridgehead atoms. The van der Waals surface area contributed by atoms with Gasteiger partial charge in [-0.2, -0.15) is 0 Å². The molecule has 4 aromatic rings. The van der Waals surface area contributed by atoms with Crippen molar-refractivity contribution in [2.75, 3.05) is 32.8 Å². The molecule has 1 fully saturated rings. The normalized spacial score (nSPS) is 18.2. The van der Waals surface area contributed by atoms with E-state index in [1.807, 2.05) is 55.5 Å². The summed E-state index contributed by atoms with van der Waals surface area (Å²) in [4.78, 5) is 9.19. The maximum Gasteiger partial charge on any atom is 0.168 e. The lowest BCUT2D eigenvalue weighted by atomic mass is 10.1. The average molecular weight is 513 g/mol. The van der Waals surface area contributed by atoms with E-state index < -0.39 is 6.10 Å². The number of aryl methyl sites for hydroxylation is 1. The van der Waals surface area contributed by atoms with Crippen molar-refractivity contribution in [1.82, 2.24) is 19.9 Å². The minimum Gasteiger partial charge on any atom is -0.491 e. The highest BCUT2D eigenvalue weighted by Gasteiger charge is 2.26.